The fourth-order valence-electron chi connectivity index (χ4n) is 8.01. The molecule has 0 fully saturated rings. The number of fused-ring (bicyclic) bond motifs is 6. The maximum Gasteiger partial charge on any atom is 0.164 e. The molecule has 0 radical (unpaired) electrons. The van der Waals surface area contributed by atoms with Crippen molar-refractivity contribution in [3.05, 3.63) is 194 Å². The lowest BCUT2D eigenvalue weighted by molar-refractivity contribution is 0.669. The van der Waals surface area contributed by atoms with Gasteiger partial charge < -0.3 is 8.98 Å². The molecule has 0 aliphatic carbocycles. The van der Waals surface area contributed by atoms with Gasteiger partial charge in [-0.2, -0.15) is 0 Å². The topological polar surface area (TPSA) is 56.7 Å². The Morgan fingerprint density at radius 1 is 0.339 bits per heavy atom. The van der Waals surface area contributed by atoms with Gasteiger partial charge in [-0.1, -0.05) is 146 Å². The van der Waals surface area contributed by atoms with Gasteiger partial charge in [0.2, 0.25) is 0 Å². The van der Waals surface area contributed by atoms with E-state index in [9.17, 15) is 0 Å². The van der Waals surface area contributed by atoms with Crippen molar-refractivity contribution in [3.8, 4) is 62.1 Å². The van der Waals surface area contributed by atoms with Crippen LogP contribution < -0.4 is 0 Å². The zero-order chi connectivity index (χ0) is 37.0. The average Bonchev–Trinajstić information content (AvgIpc) is 3.82. The molecule has 5 nitrogen and oxygen atoms in total. The van der Waals surface area contributed by atoms with Crippen LogP contribution in [0.15, 0.2) is 199 Å². The number of rotatable bonds is 6. The lowest BCUT2D eigenvalue weighted by atomic mass is 10.0. The van der Waals surface area contributed by atoms with Gasteiger partial charge in [0.05, 0.1) is 11.0 Å². The summed E-state index contributed by atoms with van der Waals surface area (Å²) in [6.07, 6.45) is 0. The fraction of sp³-hybridized carbons (Fsp3) is 0. The SMILES string of the molecule is c1ccc(-c2ccc3c(c2)c2ccccc2n3-c2cccc(-c3ccc4c(c3)oc3cccc(-c5nc(-c6ccccc6)nc(-c6ccccc6)n5)c34)c2)cc1. The Bertz CT molecular complexity index is 3180. The van der Waals surface area contributed by atoms with Crippen molar-refractivity contribution in [1.82, 2.24) is 19.5 Å². The first-order valence-corrected chi connectivity index (χ1v) is 18.8. The van der Waals surface area contributed by atoms with Gasteiger partial charge in [-0.15, -0.1) is 0 Å². The summed E-state index contributed by atoms with van der Waals surface area (Å²) in [6.45, 7) is 0. The third kappa shape index (κ3) is 5.37. The van der Waals surface area contributed by atoms with E-state index < -0.39 is 0 Å². The molecule has 5 heteroatoms. The molecule has 3 aromatic heterocycles. The molecule has 0 atom stereocenters. The first-order valence-electron chi connectivity index (χ1n) is 18.8. The molecule has 262 valence electrons. The van der Waals surface area contributed by atoms with E-state index in [1.807, 2.05) is 72.8 Å². The predicted molar refractivity (Wildman–Crippen MR) is 229 cm³/mol. The zero-order valence-electron chi connectivity index (χ0n) is 30.2. The summed E-state index contributed by atoms with van der Waals surface area (Å²) in [4.78, 5) is 15.0. The molecule has 8 aromatic carbocycles. The summed E-state index contributed by atoms with van der Waals surface area (Å²) in [5, 5.41) is 4.45. The van der Waals surface area contributed by atoms with Gasteiger partial charge in [0.15, 0.2) is 17.5 Å². The highest BCUT2D eigenvalue weighted by Gasteiger charge is 2.19. The Morgan fingerprint density at radius 2 is 0.911 bits per heavy atom. The van der Waals surface area contributed by atoms with Crippen molar-refractivity contribution < 1.29 is 4.42 Å². The molecule has 11 rings (SSSR count). The molecule has 0 aliphatic rings. The number of aromatic nitrogens is 4. The van der Waals surface area contributed by atoms with Crippen molar-refractivity contribution >= 4 is 43.7 Å². The van der Waals surface area contributed by atoms with E-state index in [0.29, 0.717) is 17.5 Å². The standard InChI is InChI=1S/C51H32N4O/c1-4-14-33(15-5-1)37-27-29-45-43(31-37)40-22-10-11-24-44(40)55(45)39-21-12-20-36(30-39)38-26-28-41-47(32-38)56-46-25-13-23-42(48(41)46)51-53-49(34-16-6-2-7-17-34)52-50(54-51)35-18-8-3-9-19-35/h1-32H. The van der Waals surface area contributed by atoms with Crippen LogP contribution >= 0.6 is 0 Å². The number of hydrogen-bond donors (Lipinski definition) is 0. The van der Waals surface area contributed by atoms with Crippen molar-refractivity contribution in [2.45, 2.75) is 0 Å². The van der Waals surface area contributed by atoms with Crippen LogP contribution in [0.3, 0.4) is 0 Å². The van der Waals surface area contributed by atoms with Gasteiger partial charge in [0.1, 0.15) is 11.2 Å². The van der Waals surface area contributed by atoms with Crippen molar-refractivity contribution in [3.63, 3.8) is 0 Å². The molecule has 0 bridgehead atoms. The molecule has 0 aliphatic heterocycles. The normalized spacial score (nSPS) is 11.6. The lowest BCUT2D eigenvalue weighted by Gasteiger charge is -2.11. The molecular weight excluding hydrogens is 685 g/mol. The molecule has 0 N–H and O–H groups in total. The second-order valence-corrected chi connectivity index (χ2v) is 14.0. The highest BCUT2D eigenvalue weighted by molar-refractivity contribution is 6.13. The second kappa shape index (κ2) is 13.0. The van der Waals surface area contributed by atoms with Gasteiger partial charge in [-0.3, -0.25) is 0 Å². The third-order valence-corrected chi connectivity index (χ3v) is 10.7. The highest BCUT2D eigenvalue weighted by atomic mass is 16.3. The molecular formula is C51H32N4O. The summed E-state index contributed by atoms with van der Waals surface area (Å²) in [6, 6.07) is 67.5. The molecule has 0 saturated heterocycles. The van der Waals surface area contributed by atoms with Crippen molar-refractivity contribution in [2.24, 2.45) is 0 Å². The van der Waals surface area contributed by atoms with E-state index in [-0.39, 0.29) is 0 Å². The van der Waals surface area contributed by atoms with Gasteiger partial charge in [0, 0.05) is 43.9 Å². The number of nitrogens with zero attached hydrogens (tertiary/aromatic N) is 4. The van der Waals surface area contributed by atoms with Gasteiger partial charge in [-0.25, -0.2) is 15.0 Å². The number of furan rings is 1. The number of hydrogen-bond acceptors (Lipinski definition) is 4. The molecule has 11 aromatic rings. The van der Waals surface area contributed by atoms with Crippen LogP contribution in [0, 0.1) is 0 Å². The third-order valence-electron chi connectivity index (χ3n) is 10.7. The molecule has 0 amide bonds. The zero-order valence-corrected chi connectivity index (χ0v) is 30.2. The minimum atomic E-state index is 0.602. The maximum absolute atomic E-state index is 6.60. The first-order chi connectivity index (χ1) is 27.7. The minimum Gasteiger partial charge on any atom is -0.456 e. The summed E-state index contributed by atoms with van der Waals surface area (Å²) in [5.74, 6) is 1.85. The Balaban J connectivity index is 1.02. The van der Waals surface area contributed by atoms with E-state index in [1.54, 1.807) is 0 Å². The van der Waals surface area contributed by atoms with Gasteiger partial charge in [-0.05, 0) is 70.8 Å². The first kappa shape index (κ1) is 31.9. The maximum atomic E-state index is 6.60. The van der Waals surface area contributed by atoms with Crippen LogP contribution in [0.25, 0.3) is 106 Å². The van der Waals surface area contributed by atoms with E-state index >= 15 is 0 Å². The molecule has 0 spiro atoms. The number of benzene rings is 8. The van der Waals surface area contributed by atoms with E-state index in [1.165, 1.54) is 32.9 Å². The Hall–Kier alpha value is -7.63. The average molecular weight is 717 g/mol. The van der Waals surface area contributed by atoms with Crippen LogP contribution in [0.1, 0.15) is 0 Å². The highest BCUT2D eigenvalue weighted by Crippen LogP contribution is 2.40. The number of para-hydroxylation sites is 1. The van der Waals surface area contributed by atoms with Crippen molar-refractivity contribution in [2.75, 3.05) is 0 Å². The monoisotopic (exact) mass is 716 g/mol. The summed E-state index contributed by atoms with van der Waals surface area (Å²) in [7, 11) is 0. The van der Waals surface area contributed by atoms with Crippen LogP contribution in [-0.2, 0) is 0 Å². The lowest BCUT2D eigenvalue weighted by Crippen LogP contribution is -2.00. The molecule has 0 saturated carbocycles. The fourth-order valence-corrected chi connectivity index (χ4v) is 8.01. The van der Waals surface area contributed by atoms with E-state index in [4.69, 9.17) is 19.4 Å². The minimum absolute atomic E-state index is 0.602. The van der Waals surface area contributed by atoms with Crippen LogP contribution in [0.4, 0.5) is 0 Å². The molecule has 3 heterocycles. The summed E-state index contributed by atoms with van der Waals surface area (Å²) < 4.78 is 8.97. The summed E-state index contributed by atoms with van der Waals surface area (Å²) in [5.41, 5.74) is 12.4. The Labute approximate surface area is 322 Å². The summed E-state index contributed by atoms with van der Waals surface area (Å²) >= 11 is 0. The van der Waals surface area contributed by atoms with E-state index in [2.05, 4.69) is 126 Å². The smallest absolute Gasteiger partial charge is 0.164 e. The molecule has 56 heavy (non-hydrogen) atoms. The Kier molecular flexibility index (Phi) is 7.42. The van der Waals surface area contributed by atoms with Gasteiger partial charge in [0.25, 0.3) is 0 Å². The van der Waals surface area contributed by atoms with Gasteiger partial charge >= 0.3 is 0 Å². The molecule has 0 unspecified atom stereocenters. The van der Waals surface area contributed by atoms with E-state index in [0.717, 1.165) is 55.4 Å². The predicted octanol–water partition coefficient (Wildman–Crippen LogP) is 13.2. The van der Waals surface area contributed by atoms with Crippen LogP contribution in [-0.4, -0.2) is 19.5 Å². The second-order valence-electron chi connectivity index (χ2n) is 14.0. The van der Waals surface area contributed by atoms with Crippen LogP contribution in [0.5, 0.6) is 0 Å². The Morgan fingerprint density at radius 3 is 1.66 bits per heavy atom. The largest absolute Gasteiger partial charge is 0.456 e. The van der Waals surface area contributed by atoms with Crippen LogP contribution in [0.2, 0.25) is 0 Å². The quantitative estimate of drug-likeness (QED) is 0.172. The van der Waals surface area contributed by atoms with Crippen molar-refractivity contribution in [1.29, 1.82) is 0 Å².